The van der Waals surface area contributed by atoms with Gasteiger partial charge in [-0.25, -0.2) is 8.78 Å². The number of hydrogen-bond donors (Lipinski definition) is 1. The second-order valence-electron chi connectivity index (χ2n) is 2.04. The third-order valence-electron chi connectivity index (χ3n) is 1.29. The van der Waals surface area contributed by atoms with Crippen LogP contribution in [0, 0.1) is 11.6 Å². The monoisotopic (exact) mass is 192 g/mol. The van der Waals surface area contributed by atoms with Gasteiger partial charge in [-0.05, 0) is 6.07 Å². The quantitative estimate of drug-likeness (QED) is 0.547. The molecule has 0 amide bonds. The van der Waals surface area contributed by atoms with E-state index in [4.69, 9.17) is 16.7 Å². The lowest BCUT2D eigenvalue weighted by Gasteiger charge is -2.01. The summed E-state index contributed by atoms with van der Waals surface area (Å²) in [5.74, 6) is -3.71. The zero-order valence-corrected chi connectivity index (χ0v) is 6.40. The summed E-state index contributed by atoms with van der Waals surface area (Å²) in [6, 6.07) is 0.660. The predicted octanol–water partition coefficient (Wildman–Crippen LogP) is 2.14. The minimum atomic E-state index is -1.32. The molecule has 0 aliphatic rings. The Hall–Kier alpha value is -1.16. The molecule has 5 heteroatoms. The van der Waals surface area contributed by atoms with Gasteiger partial charge in [0.15, 0.2) is 23.7 Å². The Labute approximate surface area is 71.4 Å². The Balaban J connectivity index is 3.49. The van der Waals surface area contributed by atoms with E-state index >= 15 is 0 Å². The van der Waals surface area contributed by atoms with Gasteiger partial charge in [-0.3, -0.25) is 4.79 Å². The van der Waals surface area contributed by atoms with Crippen LogP contribution in [0.25, 0.3) is 0 Å². The largest absolute Gasteiger partial charge is 0.503 e. The smallest absolute Gasteiger partial charge is 0.189 e. The van der Waals surface area contributed by atoms with Crippen molar-refractivity contribution in [1.29, 1.82) is 0 Å². The van der Waals surface area contributed by atoms with Gasteiger partial charge >= 0.3 is 0 Å². The zero-order valence-electron chi connectivity index (χ0n) is 5.64. The Morgan fingerprint density at radius 1 is 1.50 bits per heavy atom. The second-order valence-corrected chi connectivity index (χ2v) is 2.42. The number of halogens is 3. The van der Waals surface area contributed by atoms with Gasteiger partial charge in [0.1, 0.15) is 0 Å². The second kappa shape index (κ2) is 3.06. The third-order valence-corrected chi connectivity index (χ3v) is 1.67. The summed E-state index contributed by atoms with van der Waals surface area (Å²) in [7, 11) is 0. The van der Waals surface area contributed by atoms with Crippen LogP contribution >= 0.6 is 11.6 Å². The number of carbonyl (C=O) groups excluding carboxylic acids is 1. The van der Waals surface area contributed by atoms with E-state index in [9.17, 15) is 13.6 Å². The lowest BCUT2D eigenvalue weighted by Crippen LogP contribution is -1.91. The van der Waals surface area contributed by atoms with Crippen molar-refractivity contribution in [1.82, 2.24) is 0 Å². The Morgan fingerprint density at radius 2 is 2.08 bits per heavy atom. The molecule has 0 aliphatic heterocycles. The molecule has 0 heterocycles. The summed E-state index contributed by atoms with van der Waals surface area (Å²) in [4.78, 5) is 10.1. The van der Waals surface area contributed by atoms with Crippen LogP contribution in [0.3, 0.4) is 0 Å². The molecule has 12 heavy (non-hydrogen) atoms. The Bertz CT molecular complexity index is 339. The van der Waals surface area contributed by atoms with Gasteiger partial charge in [0.25, 0.3) is 0 Å². The summed E-state index contributed by atoms with van der Waals surface area (Å²) < 4.78 is 25.2. The van der Waals surface area contributed by atoms with Crippen LogP contribution < -0.4 is 0 Å². The molecule has 0 fully saturated rings. The van der Waals surface area contributed by atoms with Crippen LogP contribution in [-0.2, 0) is 0 Å². The van der Waals surface area contributed by atoms with Crippen LogP contribution in [0.2, 0.25) is 5.02 Å². The molecular weight excluding hydrogens is 190 g/mol. The highest BCUT2D eigenvalue weighted by molar-refractivity contribution is 6.33. The first-order chi connectivity index (χ1) is 5.57. The van der Waals surface area contributed by atoms with Gasteiger partial charge in [-0.2, -0.15) is 0 Å². The van der Waals surface area contributed by atoms with Crippen molar-refractivity contribution in [3.8, 4) is 5.75 Å². The van der Waals surface area contributed by atoms with E-state index in [1.807, 2.05) is 0 Å². The van der Waals surface area contributed by atoms with Crippen molar-refractivity contribution < 1.29 is 18.7 Å². The lowest BCUT2D eigenvalue weighted by molar-refractivity contribution is 0.112. The highest BCUT2D eigenvalue weighted by Gasteiger charge is 2.15. The third kappa shape index (κ3) is 1.25. The van der Waals surface area contributed by atoms with Crippen molar-refractivity contribution >= 4 is 17.9 Å². The minimum absolute atomic E-state index is 0.202. The van der Waals surface area contributed by atoms with E-state index in [0.29, 0.717) is 6.07 Å². The van der Waals surface area contributed by atoms with Crippen LogP contribution in [0.4, 0.5) is 8.78 Å². The van der Waals surface area contributed by atoms with Crippen molar-refractivity contribution in [2.75, 3.05) is 0 Å². The van der Waals surface area contributed by atoms with Crippen LogP contribution in [0.1, 0.15) is 10.4 Å². The zero-order chi connectivity index (χ0) is 9.30. The maximum absolute atomic E-state index is 12.7. The van der Waals surface area contributed by atoms with E-state index in [-0.39, 0.29) is 11.8 Å². The Kier molecular flexibility index (Phi) is 2.28. The first-order valence-corrected chi connectivity index (χ1v) is 3.27. The first-order valence-electron chi connectivity index (χ1n) is 2.89. The van der Waals surface area contributed by atoms with Crippen molar-refractivity contribution in [3.63, 3.8) is 0 Å². The molecular formula is C7H3ClF2O2. The van der Waals surface area contributed by atoms with Gasteiger partial charge in [-0.15, -0.1) is 0 Å². The molecule has 0 aromatic heterocycles. The first kappa shape index (κ1) is 8.93. The molecule has 0 aliphatic carbocycles. The van der Waals surface area contributed by atoms with Gasteiger partial charge < -0.3 is 5.11 Å². The fraction of sp³-hybridized carbons (Fsp3) is 0. The lowest BCUT2D eigenvalue weighted by atomic mass is 10.2. The summed E-state index contributed by atoms with van der Waals surface area (Å²) in [6.45, 7) is 0. The molecule has 64 valence electrons. The molecule has 1 rings (SSSR count). The summed E-state index contributed by atoms with van der Waals surface area (Å²) in [5.41, 5.74) is -0.329. The molecule has 1 N–H and O–H groups in total. The fourth-order valence-corrected chi connectivity index (χ4v) is 0.878. The average molecular weight is 193 g/mol. The Morgan fingerprint density at radius 3 is 2.58 bits per heavy atom. The number of aromatic hydroxyl groups is 1. The molecule has 0 radical (unpaired) electrons. The van der Waals surface area contributed by atoms with Crippen molar-refractivity contribution in [2.45, 2.75) is 0 Å². The number of aldehydes is 1. The molecule has 0 unspecified atom stereocenters. The number of hydrogen-bond acceptors (Lipinski definition) is 2. The highest BCUT2D eigenvalue weighted by Crippen LogP contribution is 2.28. The molecule has 1 aromatic rings. The van der Waals surface area contributed by atoms with E-state index in [2.05, 4.69) is 0 Å². The van der Waals surface area contributed by atoms with Crippen molar-refractivity contribution in [3.05, 3.63) is 28.3 Å². The van der Waals surface area contributed by atoms with Gasteiger partial charge in [-0.1, -0.05) is 11.6 Å². The number of rotatable bonds is 1. The summed E-state index contributed by atoms with van der Waals surface area (Å²) in [5, 5.41) is 8.08. The topological polar surface area (TPSA) is 37.3 Å². The van der Waals surface area contributed by atoms with Crippen LogP contribution in [0.5, 0.6) is 5.75 Å². The minimum Gasteiger partial charge on any atom is -0.503 e. The van der Waals surface area contributed by atoms with Gasteiger partial charge in [0.2, 0.25) is 0 Å². The van der Waals surface area contributed by atoms with Crippen LogP contribution in [-0.4, -0.2) is 11.4 Å². The van der Waals surface area contributed by atoms with E-state index in [0.717, 1.165) is 0 Å². The maximum atomic E-state index is 12.7. The average Bonchev–Trinajstić information content (AvgIpc) is 2.08. The maximum Gasteiger partial charge on any atom is 0.189 e. The van der Waals surface area contributed by atoms with Gasteiger partial charge in [0, 0.05) is 5.56 Å². The standard InChI is InChI=1S/C7H3ClF2O2/c8-5-3(2-11)1-4(9)7(12)6(5)10/h1-2,12H. The molecule has 0 atom stereocenters. The summed E-state index contributed by atoms with van der Waals surface area (Å²) >= 11 is 5.24. The van der Waals surface area contributed by atoms with Crippen LogP contribution in [0.15, 0.2) is 6.07 Å². The molecule has 0 spiro atoms. The van der Waals surface area contributed by atoms with Crippen molar-refractivity contribution in [2.24, 2.45) is 0 Å². The predicted molar refractivity (Wildman–Crippen MR) is 38.4 cm³/mol. The fourth-order valence-electron chi connectivity index (χ4n) is 0.690. The molecule has 0 bridgehead atoms. The number of phenols is 1. The number of benzene rings is 1. The van der Waals surface area contributed by atoms with Gasteiger partial charge in [0.05, 0.1) is 5.02 Å². The molecule has 0 saturated carbocycles. The SMILES string of the molecule is O=Cc1cc(F)c(O)c(F)c1Cl. The molecule has 0 saturated heterocycles. The van der Waals surface area contributed by atoms with E-state index < -0.39 is 22.4 Å². The number of carbonyl (C=O) groups is 1. The van der Waals surface area contributed by atoms with E-state index in [1.165, 1.54) is 0 Å². The summed E-state index contributed by atoms with van der Waals surface area (Å²) in [6.07, 6.45) is 0.202. The molecule has 2 nitrogen and oxygen atoms in total. The molecule has 1 aromatic carbocycles. The number of phenolic OH excluding ortho intramolecular Hbond substituents is 1. The normalized spacial score (nSPS) is 9.92. The van der Waals surface area contributed by atoms with E-state index in [1.54, 1.807) is 0 Å². The highest BCUT2D eigenvalue weighted by atomic mass is 35.5.